The third-order valence-electron chi connectivity index (χ3n) is 5.53. The van der Waals surface area contributed by atoms with Gasteiger partial charge in [-0.15, -0.1) is 11.8 Å². The summed E-state index contributed by atoms with van der Waals surface area (Å²) in [5.41, 5.74) is 2.14. The smallest absolute Gasteiger partial charge is 0.291 e. The van der Waals surface area contributed by atoms with Gasteiger partial charge in [-0.3, -0.25) is 9.59 Å². The summed E-state index contributed by atoms with van der Waals surface area (Å²) >= 11 is 1.40. The van der Waals surface area contributed by atoms with Gasteiger partial charge in [0.05, 0.1) is 6.26 Å². The van der Waals surface area contributed by atoms with Crippen LogP contribution in [0, 0.1) is 0 Å². The molecule has 0 spiro atoms. The largest absolute Gasteiger partial charge is 0.459 e. The molecular formula is C31H24N2O4S. The Bertz CT molecular complexity index is 1490. The standard InChI is InChI=1S/C31H24N2O4S/c34-30(28-15-8-20-36-28)33-24-11-7-14-27(21-24)38-29(22-9-3-1-4-10-22)31(35)32-23-16-18-26(19-17-23)37-25-12-5-2-6-13-25/h1-21,29H,(H,32,35)(H,33,34). The molecule has 0 aliphatic rings. The van der Waals surface area contributed by atoms with Crippen LogP contribution in [-0.4, -0.2) is 11.8 Å². The summed E-state index contributed by atoms with van der Waals surface area (Å²) in [5, 5.41) is 5.33. The van der Waals surface area contributed by atoms with Crippen molar-refractivity contribution < 1.29 is 18.7 Å². The van der Waals surface area contributed by atoms with E-state index in [4.69, 9.17) is 9.15 Å². The highest BCUT2D eigenvalue weighted by Crippen LogP contribution is 2.37. The summed E-state index contributed by atoms with van der Waals surface area (Å²) < 4.78 is 11.0. The average Bonchev–Trinajstić information content (AvgIpc) is 3.50. The van der Waals surface area contributed by atoms with E-state index < -0.39 is 5.25 Å². The van der Waals surface area contributed by atoms with Crippen LogP contribution in [0.15, 0.2) is 137 Å². The van der Waals surface area contributed by atoms with Crippen LogP contribution >= 0.6 is 11.8 Å². The number of hydrogen-bond donors (Lipinski definition) is 2. The third-order valence-corrected chi connectivity index (χ3v) is 6.78. The summed E-state index contributed by atoms with van der Waals surface area (Å²) in [7, 11) is 0. The quantitative estimate of drug-likeness (QED) is 0.194. The van der Waals surface area contributed by atoms with Crippen molar-refractivity contribution in [3.63, 3.8) is 0 Å². The second-order valence-corrected chi connectivity index (χ2v) is 9.48. The van der Waals surface area contributed by atoms with Crippen molar-refractivity contribution in [1.29, 1.82) is 0 Å². The second-order valence-electron chi connectivity index (χ2n) is 8.30. The van der Waals surface area contributed by atoms with E-state index in [0.29, 0.717) is 17.1 Å². The fourth-order valence-electron chi connectivity index (χ4n) is 3.72. The highest BCUT2D eigenvalue weighted by molar-refractivity contribution is 8.00. The number of furan rings is 1. The zero-order valence-electron chi connectivity index (χ0n) is 20.2. The molecule has 0 aliphatic carbocycles. The van der Waals surface area contributed by atoms with Crippen molar-refractivity contribution in [3.05, 3.63) is 139 Å². The number of para-hydroxylation sites is 1. The van der Waals surface area contributed by atoms with Crippen LogP contribution < -0.4 is 15.4 Å². The maximum absolute atomic E-state index is 13.5. The van der Waals surface area contributed by atoms with E-state index in [-0.39, 0.29) is 17.6 Å². The first-order valence-electron chi connectivity index (χ1n) is 11.9. The summed E-state index contributed by atoms with van der Waals surface area (Å²) in [6, 6.07) is 37.0. The SMILES string of the molecule is O=C(Nc1cccc(SC(C(=O)Nc2ccc(Oc3ccccc3)cc2)c2ccccc2)c1)c1ccco1. The van der Waals surface area contributed by atoms with Gasteiger partial charge in [0.2, 0.25) is 5.91 Å². The minimum Gasteiger partial charge on any atom is -0.459 e. The Hall–Kier alpha value is -4.75. The summed E-state index contributed by atoms with van der Waals surface area (Å²) in [6.45, 7) is 0. The molecule has 5 rings (SSSR count). The number of hydrogen-bond acceptors (Lipinski definition) is 5. The predicted octanol–water partition coefficient (Wildman–Crippen LogP) is 7.80. The molecule has 0 fully saturated rings. The van der Waals surface area contributed by atoms with Gasteiger partial charge in [-0.2, -0.15) is 0 Å². The lowest BCUT2D eigenvalue weighted by molar-refractivity contribution is -0.115. The molecule has 5 aromatic rings. The van der Waals surface area contributed by atoms with Crippen LogP contribution in [0.5, 0.6) is 11.5 Å². The zero-order chi connectivity index (χ0) is 26.2. The fourth-order valence-corrected chi connectivity index (χ4v) is 4.81. The molecule has 1 unspecified atom stereocenters. The number of anilines is 2. The van der Waals surface area contributed by atoms with Crippen LogP contribution in [-0.2, 0) is 4.79 Å². The van der Waals surface area contributed by atoms with Crippen molar-refractivity contribution >= 4 is 35.0 Å². The van der Waals surface area contributed by atoms with Crippen molar-refractivity contribution in [1.82, 2.24) is 0 Å². The average molecular weight is 521 g/mol. The van der Waals surface area contributed by atoms with E-state index >= 15 is 0 Å². The van der Waals surface area contributed by atoms with Crippen LogP contribution in [0.3, 0.4) is 0 Å². The Morgan fingerprint density at radius 3 is 2.11 bits per heavy atom. The monoisotopic (exact) mass is 520 g/mol. The van der Waals surface area contributed by atoms with E-state index in [2.05, 4.69) is 10.6 Å². The molecule has 188 valence electrons. The van der Waals surface area contributed by atoms with Gasteiger partial charge in [0, 0.05) is 16.3 Å². The van der Waals surface area contributed by atoms with Gasteiger partial charge in [0.25, 0.3) is 5.91 Å². The van der Waals surface area contributed by atoms with Gasteiger partial charge < -0.3 is 19.8 Å². The van der Waals surface area contributed by atoms with Crippen LogP contribution in [0.1, 0.15) is 21.4 Å². The van der Waals surface area contributed by atoms with Crippen molar-refractivity contribution in [3.8, 4) is 11.5 Å². The Morgan fingerprint density at radius 1 is 0.684 bits per heavy atom. The van der Waals surface area contributed by atoms with Gasteiger partial charge in [0.15, 0.2) is 5.76 Å². The maximum Gasteiger partial charge on any atom is 0.291 e. The van der Waals surface area contributed by atoms with Gasteiger partial charge in [-0.05, 0) is 72.3 Å². The first-order chi connectivity index (χ1) is 18.6. The number of benzene rings is 4. The van der Waals surface area contributed by atoms with Crippen LogP contribution in [0.25, 0.3) is 0 Å². The summed E-state index contributed by atoms with van der Waals surface area (Å²) in [4.78, 5) is 26.7. The highest BCUT2D eigenvalue weighted by atomic mass is 32.2. The van der Waals surface area contributed by atoms with Gasteiger partial charge >= 0.3 is 0 Å². The molecule has 1 atom stereocenters. The lowest BCUT2D eigenvalue weighted by atomic mass is 10.1. The highest BCUT2D eigenvalue weighted by Gasteiger charge is 2.22. The molecule has 0 saturated carbocycles. The first-order valence-corrected chi connectivity index (χ1v) is 12.8. The van der Waals surface area contributed by atoms with E-state index in [1.807, 2.05) is 103 Å². The number of thioether (sulfide) groups is 1. The Labute approximate surface area is 224 Å². The third kappa shape index (κ3) is 6.52. The van der Waals surface area contributed by atoms with Crippen LogP contribution in [0.2, 0.25) is 0 Å². The number of carbonyl (C=O) groups is 2. The van der Waals surface area contributed by atoms with E-state index in [1.54, 1.807) is 18.2 Å². The van der Waals surface area contributed by atoms with E-state index in [1.165, 1.54) is 18.0 Å². The molecule has 0 radical (unpaired) electrons. The number of carbonyl (C=O) groups excluding carboxylic acids is 2. The van der Waals surface area contributed by atoms with Crippen molar-refractivity contribution in [2.24, 2.45) is 0 Å². The minimum absolute atomic E-state index is 0.164. The maximum atomic E-state index is 13.5. The summed E-state index contributed by atoms with van der Waals surface area (Å²) in [5.74, 6) is 1.14. The van der Waals surface area contributed by atoms with Gasteiger partial charge in [-0.1, -0.05) is 54.6 Å². The summed E-state index contributed by atoms with van der Waals surface area (Å²) in [6.07, 6.45) is 1.45. The second kappa shape index (κ2) is 12.0. The van der Waals surface area contributed by atoms with E-state index in [0.717, 1.165) is 16.2 Å². The lowest BCUT2D eigenvalue weighted by Crippen LogP contribution is -2.19. The molecule has 1 aromatic heterocycles. The molecule has 7 heteroatoms. The first kappa shape index (κ1) is 24.9. The molecule has 1 heterocycles. The van der Waals surface area contributed by atoms with Crippen molar-refractivity contribution in [2.75, 3.05) is 10.6 Å². The van der Waals surface area contributed by atoms with E-state index in [9.17, 15) is 9.59 Å². The molecule has 38 heavy (non-hydrogen) atoms. The van der Waals surface area contributed by atoms with Gasteiger partial charge in [-0.25, -0.2) is 0 Å². The Balaban J connectivity index is 1.30. The van der Waals surface area contributed by atoms with Gasteiger partial charge in [0.1, 0.15) is 16.7 Å². The number of rotatable bonds is 9. The Morgan fingerprint density at radius 2 is 1.39 bits per heavy atom. The topological polar surface area (TPSA) is 80.6 Å². The number of amides is 2. The molecule has 0 aliphatic heterocycles. The zero-order valence-corrected chi connectivity index (χ0v) is 21.1. The lowest BCUT2D eigenvalue weighted by Gasteiger charge is -2.18. The predicted molar refractivity (Wildman–Crippen MR) is 150 cm³/mol. The molecule has 2 amide bonds. The molecule has 6 nitrogen and oxygen atoms in total. The number of nitrogens with one attached hydrogen (secondary N) is 2. The minimum atomic E-state index is -0.521. The molecular weight excluding hydrogens is 496 g/mol. The number of ether oxygens (including phenoxy) is 1. The van der Waals surface area contributed by atoms with Crippen LogP contribution in [0.4, 0.5) is 11.4 Å². The molecule has 4 aromatic carbocycles. The molecule has 2 N–H and O–H groups in total. The Kier molecular flexibility index (Phi) is 7.86. The van der Waals surface area contributed by atoms with Crippen molar-refractivity contribution in [2.45, 2.75) is 10.1 Å². The molecule has 0 bridgehead atoms. The fraction of sp³-hybridized carbons (Fsp3) is 0.0323. The molecule has 0 saturated heterocycles. The normalized spacial score (nSPS) is 11.4.